The predicted octanol–water partition coefficient (Wildman–Crippen LogP) is 5.69. The molecular formula is C25H25F4N3O3S. The molecule has 11 heteroatoms. The Labute approximate surface area is 210 Å². The monoisotopic (exact) mass is 523 g/mol. The van der Waals surface area contributed by atoms with Crippen LogP contribution in [0.1, 0.15) is 49.4 Å². The van der Waals surface area contributed by atoms with E-state index in [1.807, 2.05) is 20.8 Å². The first kappa shape index (κ1) is 27.2. The molecule has 0 aromatic heterocycles. The highest BCUT2D eigenvalue weighted by molar-refractivity contribution is 7.99. The van der Waals surface area contributed by atoms with Crippen LogP contribution in [0, 0.1) is 17.7 Å². The van der Waals surface area contributed by atoms with E-state index in [-0.39, 0.29) is 41.2 Å². The molecule has 3 rings (SSSR count). The molecule has 2 aromatic rings. The van der Waals surface area contributed by atoms with Crippen molar-refractivity contribution in [2.75, 3.05) is 29.5 Å². The number of carbonyl (C=O) groups excluding carboxylic acids is 2. The lowest BCUT2D eigenvalue weighted by atomic mass is 9.84. The Bertz CT molecular complexity index is 1260. The number of nitrogens with zero attached hydrogens (tertiary/aromatic N) is 1. The van der Waals surface area contributed by atoms with Crippen molar-refractivity contribution in [1.29, 1.82) is 0 Å². The smallest absolute Gasteiger partial charge is 0.417 e. The van der Waals surface area contributed by atoms with Crippen LogP contribution in [0.2, 0.25) is 0 Å². The number of hydrogen-bond acceptors (Lipinski definition) is 5. The number of urea groups is 1. The topological polar surface area (TPSA) is 70.7 Å². The van der Waals surface area contributed by atoms with Gasteiger partial charge in [-0.1, -0.05) is 44.6 Å². The quantitative estimate of drug-likeness (QED) is 0.306. The van der Waals surface area contributed by atoms with E-state index in [0.29, 0.717) is 5.56 Å². The van der Waals surface area contributed by atoms with Gasteiger partial charge in [0.25, 0.3) is 0 Å². The van der Waals surface area contributed by atoms with E-state index in [1.54, 1.807) is 6.26 Å². The van der Waals surface area contributed by atoms with E-state index >= 15 is 4.39 Å². The molecule has 6 nitrogen and oxygen atoms in total. The molecule has 0 bridgehead atoms. The number of imide groups is 1. The molecule has 0 spiro atoms. The maximum atomic E-state index is 15.8. The lowest BCUT2D eigenvalue weighted by Crippen LogP contribution is -2.50. The Morgan fingerprint density at radius 1 is 1.11 bits per heavy atom. The van der Waals surface area contributed by atoms with Crippen molar-refractivity contribution in [2.24, 2.45) is 0 Å². The normalized spacial score (nSPS) is 14.2. The molecule has 0 radical (unpaired) electrons. The molecule has 1 fully saturated rings. The second-order valence-corrected chi connectivity index (χ2v) is 9.60. The lowest BCUT2D eigenvalue weighted by Gasteiger charge is -2.30. The SMILES string of the molecule is COc1c(C(C)(C)C)cc(N2CCC(=O)NC2=O)c(F)c1C#Cc1ccc(NSC)cc1C(F)(F)F. The van der Waals surface area contributed by atoms with Gasteiger partial charge in [-0.3, -0.25) is 15.0 Å². The van der Waals surface area contributed by atoms with Crippen molar-refractivity contribution in [3.05, 3.63) is 52.3 Å². The van der Waals surface area contributed by atoms with Crippen LogP contribution in [0.25, 0.3) is 0 Å². The van der Waals surface area contributed by atoms with Crippen molar-refractivity contribution >= 4 is 35.3 Å². The van der Waals surface area contributed by atoms with E-state index < -0.39 is 34.9 Å². The molecule has 0 aliphatic carbocycles. The Morgan fingerprint density at radius 2 is 1.81 bits per heavy atom. The number of amides is 3. The standard InChI is InChI=1S/C25H25F4N3O3S/c1-24(2,3)18-13-19(32-11-10-20(33)30-23(32)34)21(26)16(22(18)35-4)9-7-14-6-8-15(31-36-5)12-17(14)25(27,28)29/h6,8,12-13,31H,10-11H2,1-5H3,(H,30,33,34). The Morgan fingerprint density at radius 3 is 2.36 bits per heavy atom. The molecule has 1 aliphatic rings. The Hall–Kier alpha value is -3.39. The molecule has 1 heterocycles. The Kier molecular flexibility index (Phi) is 7.79. The average molecular weight is 524 g/mol. The second kappa shape index (κ2) is 10.3. The third-order valence-electron chi connectivity index (χ3n) is 5.42. The third-order valence-corrected chi connectivity index (χ3v) is 5.86. The highest BCUT2D eigenvalue weighted by Gasteiger charge is 2.34. The van der Waals surface area contributed by atoms with E-state index in [0.717, 1.165) is 22.9 Å². The van der Waals surface area contributed by atoms with Crippen LogP contribution in [0.15, 0.2) is 24.3 Å². The number of methoxy groups -OCH3 is 1. The number of hydrogen-bond donors (Lipinski definition) is 2. The largest absolute Gasteiger partial charge is 0.495 e. The van der Waals surface area contributed by atoms with Crippen LogP contribution >= 0.6 is 11.9 Å². The van der Waals surface area contributed by atoms with Crippen LogP contribution < -0.4 is 19.7 Å². The van der Waals surface area contributed by atoms with Gasteiger partial charge < -0.3 is 9.46 Å². The zero-order chi connectivity index (χ0) is 26.8. The van der Waals surface area contributed by atoms with Crippen molar-refractivity contribution in [1.82, 2.24) is 5.32 Å². The molecule has 0 saturated carbocycles. The molecule has 1 aliphatic heterocycles. The predicted molar refractivity (Wildman–Crippen MR) is 132 cm³/mol. The number of anilines is 2. The molecule has 2 N–H and O–H groups in total. The summed E-state index contributed by atoms with van der Waals surface area (Å²) in [5.41, 5.74) is -1.63. The fourth-order valence-electron chi connectivity index (χ4n) is 3.70. The molecule has 0 atom stereocenters. The van der Waals surface area contributed by atoms with Gasteiger partial charge in [0, 0.05) is 36.0 Å². The van der Waals surface area contributed by atoms with Gasteiger partial charge in [-0.05, 0) is 29.7 Å². The number of nitrogens with one attached hydrogen (secondary N) is 2. The minimum atomic E-state index is -4.69. The van der Waals surface area contributed by atoms with Gasteiger partial charge in [-0.15, -0.1) is 0 Å². The Balaban J connectivity index is 2.25. The minimum absolute atomic E-state index is 0.0333. The maximum Gasteiger partial charge on any atom is 0.417 e. The van der Waals surface area contributed by atoms with Crippen LogP contribution in [0.4, 0.5) is 33.7 Å². The summed E-state index contributed by atoms with van der Waals surface area (Å²) in [5, 5.41) is 2.14. The summed E-state index contributed by atoms with van der Waals surface area (Å²) < 4.78 is 65.2. The number of benzene rings is 2. The van der Waals surface area contributed by atoms with Gasteiger partial charge in [0.2, 0.25) is 5.91 Å². The van der Waals surface area contributed by atoms with Gasteiger partial charge >= 0.3 is 12.2 Å². The number of carbonyl (C=O) groups is 2. The number of ether oxygens (including phenoxy) is 1. The first-order chi connectivity index (χ1) is 16.8. The van der Waals surface area contributed by atoms with Crippen LogP contribution in [-0.4, -0.2) is 31.8 Å². The first-order valence-corrected chi connectivity index (χ1v) is 12.0. The van der Waals surface area contributed by atoms with Gasteiger partial charge in [0.15, 0.2) is 5.82 Å². The number of halogens is 4. The van der Waals surface area contributed by atoms with Crippen molar-refractivity contribution in [3.8, 4) is 17.6 Å². The summed E-state index contributed by atoms with van der Waals surface area (Å²) in [5.74, 6) is 3.61. The summed E-state index contributed by atoms with van der Waals surface area (Å²) in [6.07, 6.45) is -3.05. The highest BCUT2D eigenvalue weighted by Crippen LogP contribution is 2.40. The molecule has 0 unspecified atom stereocenters. The van der Waals surface area contributed by atoms with E-state index in [2.05, 4.69) is 21.9 Å². The summed E-state index contributed by atoms with van der Waals surface area (Å²) in [4.78, 5) is 25.1. The molecule has 192 valence electrons. The van der Waals surface area contributed by atoms with E-state index in [1.165, 1.54) is 25.3 Å². The van der Waals surface area contributed by atoms with Gasteiger partial charge in [0.1, 0.15) is 11.3 Å². The van der Waals surface area contributed by atoms with Crippen LogP contribution in [0.3, 0.4) is 0 Å². The fraction of sp³-hybridized carbons (Fsp3) is 0.360. The van der Waals surface area contributed by atoms with E-state index in [9.17, 15) is 22.8 Å². The van der Waals surface area contributed by atoms with Gasteiger partial charge in [-0.25, -0.2) is 9.18 Å². The zero-order valence-corrected chi connectivity index (χ0v) is 21.1. The summed E-state index contributed by atoms with van der Waals surface area (Å²) in [7, 11) is 1.31. The lowest BCUT2D eigenvalue weighted by molar-refractivity contribution is -0.137. The van der Waals surface area contributed by atoms with Crippen molar-refractivity contribution in [3.63, 3.8) is 0 Å². The fourth-order valence-corrected chi connectivity index (χ4v) is 4.06. The number of rotatable bonds is 4. The average Bonchev–Trinajstić information content (AvgIpc) is 2.77. The molecule has 2 aromatic carbocycles. The summed E-state index contributed by atoms with van der Waals surface area (Å²) in [6.45, 7) is 5.45. The first-order valence-electron chi connectivity index (χ1n) is 10.8. The van der Waals surface area contributed by atoms with Crippen LogP contribution in [0.5, 0.6) is 5.75 Å². The maximum absolute atomic E-state index is 15.8. The van der Waals surface area contributed by atoms with Gasteiger partial charge in [-0.2, -0.15) is 13.2 Å². The highest BCUT2D eigenvalue weighted by atomic mass is 32.2. The zero-order valence-electron chi connectivity index (χ0n) is 20.3. The second-order valence-electron chi connectivity index (χ2n) is 8.98. The van der Waals surface area contributed by atoms with Gasteiger partial charge in [0.05, 0.1) is 18.4 Å². The molecule has 1 saturated heterocycles. The summed E-state index contributed by atoms with van der Waals surface area (Å²) in [6, 6.07) is 4.22. The third kappa shape index (κ3) is 5.70. The minimum Gasteiger partial charge on any atom is -0.495 e. The molecule has 3 amide bonds. The van der Waals surface area contributed by atoms with E-state index in [4.69, 9.17) is 4.74 Å². The summed E-state index contributed by atoms with van der Waals surface area (Å²) >= 11 is 1.14. The number of alkyl halides is 3. The van der Waals surface area contributed by atoms with Crippen molar-refractivity contribution < 1.29 is 31.9 Å². The van der Waals surface area contributed by atoms with Crippen LogP contribution in [-0.2, 0) is 16.4 Å². The molecule has 36 heavy (non-hydrogen) atoms. The van der Waals surface area contributed by atoms with Crippen molar-refractivity contribution in [2.45, 2.75) is 38.8 Å². The molecular weight excluding hydrogens is 498 g/mol.